The molecule has 0 aromatic heterocycles. The van der Waals surface area contributed by atoms with Crippen LogP contribution in [0.15, 0.2) is 18.2 Å². The number of hydrogen-bond donors (Lipinski definition) is 3. The molecule has 3 heterocycles. The molecular weight excluding hydrogens is 379 g/mol. The standard InChI is InChI=1S/C20H23FN4O4/c1-2-3-8-25-17(27)15-13(6-7-14(22)26)24-20(16(15)18(25)28)11-9-10(21)4-5-12(11)23-19(20)29/h4-5,9,13,15-16,24H,2-3,6-8H2,1H3,(H2,22,26)(H,23,29)/t13?,15-,16+,20?/m1/s1. The maximum absolute atomic E-state index is 14.0. The monoisotopic (exact) mass is 402 g/mol. The number of imide groups is 1. The number of nitrogens with two attached hydrogens (primary N) is 1. The lowest BCUT2D eigenvalue weighted by Crippen LogP contribution is -2.53. The Morgan fingerprint density at radius 3 is 2.72 bits per heavy atom. The predicted molar refractivity (Wildman–Crippen MR) is 101 cm³/mol. The number of rotatable bonds is 6. The van der Waals surface area contributed by atoms with Crippen molar-refractivity contribution in [1.29, 1.82) is 0 Å². The SMILES string of the molecule is CCCCN1C(=O)[C@@H]2C(CCC(N)=O)NC3(C(=O)Nc4ccc(F)cc43)[C@@H]2C1=O. The highest BCUT2D eigenvalue weighted by Gasteiger charge is 2.70. The van der Waals surface area contributed by atoms with Crippen LogP contribution >= 0.6 is 0 Å². The Hall–Kier alpha value is -2.81. The van der Waals surface area contributed by atoms with E-state index in [2.05, 4.69) is 10.6 Å². The molecule has 29 heavy (non-hydrogen) atoms. The third-order valence-corrected chi connectivity index (χ3v) is 6.21. The molecular formula is C20H23FN4O4. The molecule has 1 aromatic carbocycles. The van der Waals surface area contributed by atoms with Crippen LogP contribution in [0, 0.1) is 17.7 Å². The predicted octanol–water partition coefficient (Wildman–Crippen LogP) is 0.612. The van der Waals surface area contributed by atoms with E-state index in [1.165, 1.54) is 23.1 Å². The summed E-state index contributed by atoms with van der Waals surface area (Å²) < 4.78 is 14.0. The minimum atomic E-state index is -1.54. The van der Waals surface area contributed by atoms with Crippen molar-refractivity contribution in [1.82, 2.24) is 10.2 Å². The summed E-state index contributed by atoms with van der Waals surface area (Å²) in [6, 6.07) is 3.29. The zero-order chi connectivity index (χ0) is 20.9. The van der Waals surface area contributed by atoms with Gasteiger partial charge in [-0.25, -0.2) is 4.39 Å². The van der Waals surface area contributed by atoms with Gasteiger partial charge in [0.1, 0.15) is 11.4 Å². The van der Waals surface area contributed by atoms with E-state index in [0.717, 1.165) is 6.42 Å². The molecule has 0 saturated carbocycles. The summed E-state index contributed by atoms with van der Waals surface area (Å²) in [5.74, 6) is -4.16. The molecule has 0 radical (unpaired) electrons. The molecule has 1 spiro atoms. The third kappa shape index (κ3) is 2.75. The first-order chi connectivity index (χ1) is 13.8. The van der Waals surface area contributed by atoms with E-state index in [0.29, 0.717) is 17.7 Å². The lowest BCUT2D eigenvalue weighted by atomic mass is 9.76. The number of nitrogens with one attached hydrogen (secondary N) is 2. The first kappa shape index (κ1) is 19.5. The summed E-state index contributed by atoms with van der Waals surface area (Å²) >= 11 is 0. The zero-order valence-electron chi connectivity index (χ0n) is 16.0. The van der Waals surface area contributed by atoms with Crippen LogP contribution in [-0.2, 0) is 24.7 Å². The fourth-order valence-corrected chi connectivity index (χ4v) is 4.92. The second-order valence-corrected chi connectivity index (χ2v) is 7.89. The molecule has 154 valence electrons. The van der Waals surface area contributed by atoms with Crippen LogP contribution in [0.3, 0.4) is 0 Å². The van der Waals surface area contributed by atoms with E-state index in [1.54, 1.807) is 0 Å². The van der Waals surface area contributed by atoms with Gasteiger partial charge >= 0.3 is 0 Å². The van der Waals surface area contributed by atoms with E-state index >= 15 is 0 Å². The summed E-state index contributed by atoms with van der Waals surface area (Å²) in [7, 11) is 0. The summed E-state index contributed by atoms with van der Waals surface area (Å²) in [5, 5.41) is 5.85. The minimum absolute atomic E-state index is 0.00498. The Morgan fingerprint density at radius 2 is 2.03 bits per heavy atom. The van der Waals surface area contributed by atoms with Gasteiger partial charge < -0.3 is 11.1 Å². The number of halogens is 1. The highest BCUT2D eigenvalue weighted by Crippen LogP contribution is 2.53. The van der Waals surface area contributed by atoms with E-state index in [1.807, 2.05) is 6.92 Å². The number of carbonyl (C=O) groups is 4. The van der Waals surface area contributed by atoms with Crippen molar-refractivity contribution in [3.8, 4) is 0 Å². The smallest absolute Gasteiger partial charge is 0.250 e. The molecule has 4 rings (SSSR count). The fraction of sp³-hybridized carbons (Fsp3) is 0.500. The van der Waals surface area contributed by atoms with Gasteiger partial charge in [-0.05, 0) is 31.0 Å². The average Bonchev–Trinajstić information content (AvgIpc) is 3.24. The molecule has 0 aliphatic carbocycles. The Balaban J connectivity index is 1.81. The molecule has 4 amide bonds. The highest BCUT2D eigenvalue weighted by atomic mass is 19.1. The van der Waals surface area contributed by atoms with Gasteiger partial charge in [0.05, 0.1) is 11.8 Å². The summed E-state index contributed by atoms with van der Waals surface area (Å²) in [6.07, 6.45) is 1.66. The highest BCUT2D eigenvalue weighted by molar-refractivity contribution is 6.15. The molecule has 4 atom stereocenters. The number of unbranched alkanes of at least 4 members (excludes halogenated alkanes) is 1. The Morgan fingerprint density at radius 1 is 1.28 bits per heavy atom. The summed E-state index contributed by atoms with van der Waals surface area (Å²) in [4.78, 5) is 52.0. The van der Waals surface area contributed by atoms with Gasteiger partial charge in [0.15, 0.2) is 0 Å². The number of fused-ring (bicyclic) bond motifs is 4. The van der Waals surface area contributed by atoms with Crippen molar-refractivity contribution in [2.75, 3.05) is 11.9 Å². The van der Waals surface area contributed by atoms with Crippen molar-refractivity contribution in [2.45, 2.75) is 44.2 Å². The first-order valence-electron chi connectivity index (χ1n) is 9.84. The second kappa shape index (κ2) is 6.91. The number of benzene rings is 1. The normalized spacial score (nSPS) is 30.1. The first-order valence-corrected chi connectivity index (χ1v) is 9.84. The third-order valence-electron chi connectivity index (χ3n) is 6.21. The molecule has 2 fully saturated rings. The molecule has 3 aliphatic heterocycles. The van der Waals surface area contributed by atoms with Crippen LogP contribution < -0.4 is 16.4 Å². The van der Waals surface area contributed by atoms with Crippen LogP contribution in [0.4, 0.5) is 10.1 Å². The van der Waals surface area contributed by atoms with Gasteiger partial charge in [-0.3, -0.25) is 29.4 Å². The number of anilines is 1. The fourth-order valence-electron chi connectivity index (χ4n) is 4.92. The minimum Gasteiger partial charge on any atom is -0.370 e. The number of hydrogen-bond acceptors (Lipinski definition) is 5. The topological polar surface area (TPSA) is 122 Å². The van der Waals surface area contributed by atoms with Crippen molar-refractivity contribution in [3.05, 3.63) is 29.6 Å². The van der Waals surface area contributed by atoms with E-state index in [-0.39, 0.29) is 25.3 Å². The zero-order valence-corrected chi connectivity index (χ0v) is 16.0. The Labute approximate surface area is 167 Å². The van der Waals surface area contributed by atoms with Crippen molar-refractivity contribution >= 4 is 29.3 Å². The van der Waals surface area contributed by atoms with Crippen molar-refractivity contribution in [3.63, 3.8) is 0 Å². The van der Waals surface area contributed by atoms with Crippen LogP contribution in [-0.4, -0.2) is 41.1 Å². The van der Waals surface area contributed by atoms with Gasteiger partial charge in [0.25, 0.3) is 0 Å². The molecule has 0 bridgehead atoms. The number of primary amides is 1. The van der Waals surface area contributed by atoms with Crippen LogP contribution in [0.1, 0.15) is 38.2 Å². The lowest BCUT2D eigenvalue weighted by molar-refractivity contribution is -0.143. The van der Waals surface area contributed by atoms with E-state index in [4.69, 9.17) is 5.73 Å². The lowest BCUT2D eigenvalue weighted by Gasteiger charge is -2.29. The molecule has 8 nitrogen and oxygen atoms in total. The maximum atomic E-state index is 14.0. The molecule has 3 aliphatic rings. The number of likely N-dealkylation sites (tertiary alicyclic amines) is 1. The molecule has 4 N–H and O–H groups in total. The van der Waals surface area contributed by atoms with Crippen LogP contribution in [0.25, 0.3) is 0 Å². The number of nitrogens with zero attached hydrogens (tertiary/aromatic N) is 1. The Kier molecular flexibility index (Phi) is 4.65. The largest absolute Gasteiger partial charge is 0.370 e. The summed E-state index contributed by atoms with van der Waals surface area (Å²) in [5.41, 5.74) is 4.46. The van der Waals surface area contributed by atoms with Crippen molar-refractivity contribution < 1.29 is 23.6 Å². The molecule has 2 unspecified atom stereocenters. The van der Waals surface area contributed by atoms with Gasteiger partial charge in [0, 0.05) is 30.3 Å². The van der Waals surface area contributed by atoms with E-state index < -0.39 is 47.0 Å². The van der Waals surface area contributed by atoms with Gasteiger partial charge in [-0.15, -0.1) is 0 Å². The molecule has 1 aromatic rings. The molecule has 9 heteroatoms. The second-order valence-electron chi connectivity index (χ2n) is 7.89. The molecule has 2 saturated heterocycles. The maximum Gasteiger partial charge on any atom is 0.250 e. The van der Waals surface area contributed by atoms with Crippen molar-refractivity contribution in [2.24, 2.45) is 17.6 Å². The quantitative estimate of drug-likeness (QED) is 0.602. The van der Waals surface area contributed by atoms with Gasteiger partial charge in [-0.1, -0.05) is 13.3 Å². The van der Waals surface area contributed by atoms with Gasteiger partial charge in [0.2, 0.25) is 23.6 Å². The summed E-state index contributed by atoms with van der Waals surface area (Å²) in [6.45, 7) is 2.23. The van der Waals surface area contributed by atoms with Crippen LogP contribution in [0.5, 0.6) is 0 Å². The van der Waals surface area contributed by atoms with E-state index in [9.17, 15) is 23.6 Å². The number of carbonyl (C=O) groups excluding carboxylic acids is 4. The number of amides is 4. The average molecular weight is 402 g/mol. The van der Waals surface area contributed by atoms with Gasteiger partial charge in [-0.2, -0.15) is 0 Å². The Bertz CT molecular complexity index is 920. The van der Waals surface area contributed by atoms with Crippen LogP contribution in [0.2, 0.25) is 0 Å².